The lowest BCUT2D eigenvalue weighted by molar-refractivity contribution is -0.114. The maximum atomic E-state index is 10.5. The molecule has 0 saturated heterocycles. The molecule has 3 heteroatoms. The molecule has 0 aliphatic carbocycles. The second-order valence-electron chi connectivity index (χ2n) is 3.67. The number of amides is 1. The minimum Gasteiger partial charge on any atom is -0.306 e. The third kappa shape index (κ3) is 4.81. The molecule has 1 amide bonds. The molecular formula is C14H22N2O. The van der Waals surface area contributed by atoms with Crippen LogP contribution in [-0.4, -0.2) is 24.2 Å². The molecule has 3 nitrogen and oxygen atoms in total. The highest BCUT2D eigenvalue weighted by Crippen LogP contribution is 2.20. The van der Waals surface area contributed by atoms with Crippen molar-refractivity contribution in [3.8, 4) is 0 Å². The van der Waals surface area contributed by atoms with E-state index in [1.165, 1.54) is 10.5 Å². The van der Waals surface area contributed by atoms with E-state index in [0.717, 1.165) is 17.7 Å². The van der Waals surface area contributed by atoms with Crippen LogP contribution in [0.15, 0.2) is 23.2 Å². The molecule has 0 bridgehead atoms. The molecule has 1 rings (SSSR count). The van der Waals surface area contributed by atoms with Gasteiger partial charge in [-0.2, -0.15) is 0 Å². The van der Waals surface area contributed by atoms with Crippen molar-refractivity contribution in [1.29, 1.82) is 0 Å². The van der Waals surface area contributed by atoms with Gasteiger partial charge in [0.2, 0.25) is 6.41 Å². The lowest BCUT2D eigenvalue weighted by Crippen LogP contribution is -2.21. The quantitative estimate of drug-likeness (QED) is 0.438. The molecule has 0 spiro atoms. The van der Waals surface area contributed by atoms with Crippen molar-refractivity contribution in [2.24, 2.45) is 4.99 Å². The number of hydrogen-bond donors (Lipinski definition) is 0. The van der Waals surface area contributed by atoms with Gasteiger partial charge in [-0.25, -0.2) is 4.99 Å². The zero-order valence-corrected chi connectivity index (χ0v) is 11.6. The van der Waals surface area contributed by atoms with Crippen molar-refractivity contribution in [3.63, 3.8) is 0 Å². The van der Waals surface area contributed by atoms with E-state index < -0.39 is 0 Å². The lowest BCUT2D eigenvalue weighted by atomic mass is 10.1. The minimum absolute atomic E-state index is 0.693. The van der Waals surface area contributed by atoms with Crippen LogP contribution in [0.3, 0.4) is 0 Å². The number of benzene rings is 1. The topological polar surface area (TPSA) is 32.7 Å². The van der Waals surface area contributed by atoms with Crippen molar-refractivity contribution in [2.45, 2.75) is 34.6 Å². The SMILES string of the molecule is CC.CC(=Nc1cc(C)ccc1C)N(C)C=O. The Balaban J connectivity index is 0.00000121. The highest BCUT2D eigenvalue weighted by atomic mass is 16.1. The summed E-state index contributed by atoms with van der Waals surface area (Å²) in [5, 5.41) is 0. The number of aryl methyl sites for hydroxylation is 2. The van der Waals surface area contributed by atoms with Crippen LogP contribution in [-0.2, 0) is 4.79 Å². The first kappa shape index (κ1) is 15.4. The van der Waals surface area contributed by atoms with E-state index in [1.807, 2.05) is 52.8 Å². The fraction of sp³-hybridized carbons (Fsp3) is 0.429. The summed E-state index contributed by atoms with van der Waals surface area (Å²) in [6.07, 6.45) is 0.754. The van der Waals surface area contributed by atoms with E-state index in [2.05, 4.69) is 4.99 Å². The van der Waals surface area contributed by atoms with Crippen LogP contribution in [0.1, 0.15) is 31.9 Å². The molecule has 94 valence electrons. The van der Waals surface area contributed by atoms with E-state index >= 15 is 0 Å². The maximum Gasteiger partial charge on any atom is 0.214 e. The van der Waals surface area contributed by atoms with Crippen molar-refractivity contribution in [3.05, 3.63) is 29.3 Å². The molecule has 0 aliphatic rings. The predicted molar refractivity (Wildman–Crippen MR) is 73.9 cm³/mol. The van der Waals surface area contributed by atoms with Gasteiger partial charge in [-0.1, -0.05) is 26.0 Å². The average molecular weight is 234 g/mol. The summed E-state index contributed by atoms with van der Waals surface area (Å²) in [7, 11) is 1.69. The fourth-order valence-electron chi connectivity index (χ4n) is 1.17. The molecule has 1 aromatic carbocycles. The van der Waals surface area contributed by atoms with Gasteiger partial charge in [0, 0.05) is 7.05 Å². The molecule has 0 saturated carbocycles. The van der Waals surface area contributed by atoms with E-state index in [9.17, 15) is 4.79 Å². The molecule has 0 aromatic heterocycles. The van der Waals surface area contributed by atoms with Gasteiger partial charge >= 0.3 is 0 Å². The van der Waals surface area contributed by atoms with Crippen molar-refractivity contribution in [2.75, 3.05) is 7.05 Å². The van der Waals surface area contributed by atoms with Crippen molar-refractivity contribution < 1.29 is 4.79 Å². The number of carbonyl (C=O) groups excluding carboxylic acids is 1. The van der Waals surface area contributed by atoms with Crippen LogP contribution in [0.5, 0.6) is 0 Å². The first-order chi connectivity index (χ1) is 8.04. The third-order valence-electron chi connectivity index (χ3n) is 2.32. The fourth-order valence-corrected chi connectivity index (χ4v) is 1.17. The first-order valence-electron chi connectivity index (χ1n) is 5.85. The Morgan fingerprint density at radius 2 is 1.88 bits per heavy atom. The number of aliphatic imine (C=N–C) groups is 1. The summed E-state index contributed by atoms with van der Waals surface area (Å²) in [6, 6.07) is 6.09. The summed E-state index contributed by atoms with van der Waals surface area (Å²) in [4.78, 5) is 16.4. The summed E-state index contributed by atoms with van der Waals surface area (Å²) < 4.78 is 0. The van der Waals surface area contributed by atoms with Gasteiger partial charge in [0.05, 0.1) is 5.69 Å². The van der Waals surface area contributed by atoms with E-state index in [-0.39, 0.29) is 0 Å². The Bertz CT molecular complexity index is 397. The third-order valence-corrected chi connectivity index (χ3v) is 2.32. The molecule has 0 atom stereocenters. The smallest absolute Gasteiger partial charge is 0.214 e. The summed E-state index contributed by atoms with van der Waals surface area (Å²) >= 11 is 0. The van der Waals surface area contributed by atoms with E-state index in [4.69, 9.17) is 0 Å². The van der Waals surface area contributed by atoms with Gasteiger partial charge in [0.15, 0.2) is 0 Å². The van der Waals surface area contributed by atoms with Crippen molar-refractivity contribution >= 4 is 17.9 Å². The number of nitrogens with zero attached hydrogens (tertiary/aromatic N) is 2. The second-order valence-corrected chi connectivity index (χ2v) is 3.67. The molecule has 0 heterocycles. The molecular weight excluding hydrogens is 212 g/mol. The van der Waals surface area contributed by atoms with Crippen LogP contribution >= 0.6 is 0 Å². The predicted octanol–water partition coefficient (Wildman–Crippen LogP) is 3.47. The van der Waals surface area contributed by atoms with Crippen LogP contribution in [0.25, 0.3) is 0 Å². The number of carbonyl (C=O) groups is 1. The average Bonchev–Trinajstić information content (AvgIpc) is 2.35. The van der Waals surface area contributed by atoms with Crippen LogP contribution in [0, 0.1) is 13.8 Å². The molecule has 0 fully saturated rings. The summed E-state index contributed by atoms with van der Waals surface area (Å²) in [6.45, 7) is 9.85. The van der Waals surface area contributed by atoms with Gasteiger partial charge in [-0.3, -0.25) is 4.79 Å². The van der Waals surface area contributed by atoms with Gasteiger partial charge in [-0.15, -0.1) is 0 Å². The molecule has 17 heavy (non-hydrogen) atoms. The Kier molecular flexibility index (Phi) is 6.87. The summed E-state index contributed by atoms with van der Waals surface area (Å²) in [5.74, 6) is 0.693. The lowest BCUT2D eigenvalue weighted by Gasteiger charge is -2.10. The van der Waals surface area contributed by atoms with Gasteiger partial charge in [0.25, 0.3) is 0 Å². The molecule has 0 aliphatic heterocycles. The number of hydrogen-bond acceptors (Lipinski definition) is 2. The standard InChI is InChI=1S/C12H16N2O.C2H6/c1-9-5-6-10(2)12(7-9)13-11(3)14(4)8-15;1-2/h5-8H,1-4H3;1-2H3. The zero-order valence-electron chi connectivity index (χ0n) is 11.6. The summed E-state index contributed by atoms with van der Waals surface area (Å²) in [5.41, 5.74) is 3.20. The molecule has 1 aromatic rings. The molecule has 0 unspecified atom stereocenters. The van der Waals surface area contributed by atoms with Crippen LogP contribution < -0.4 is 0 Å². The Morgan fingerprint density at radius 3 is 2.41 bits per heavy atom. The zero-order chi connectivity index (χ0) is 13.4. The number of rotatable bonds is 2. The first-order valence-corrected chi connectivity index (χ1v) is 5.85. The monoisotopic (exact) mass is 234 g/mol. The van der Waals surface area contributed by atoms with Crippen LogP contribution in [0.4, 0.5) is 5.69 Å². The Hall–Kier alpha value is -1.64. The van der Waals surface area contributed by atoms with Gasteiger partial charge in [0.1, 0.15) is 5.84 Å². The van der Waals surface area contributed by atoms with E-state index in [0.29, 0.717) is 5.84 Å². The highest BCUT2D eigenvalue weighted by molar-refractivity contribution is 5.90. The largest absolute Gasteiger partial charge is 0.306 e. The van der Waals surface area contributed by atoms with Crippen LogP contribution in [0.2, 0.25) is 0 Å². The minimum atomic E-state index is 0.693. The highest BCUT2D eigenvalue weighted by Gasteiger charge is 2.01. The Morgan fingerprint density at radius 1 is 1.29 bits per heavy atom. The second kappa shape index (κ2) is 7.60. The molecule has 0 radical (unpaired) electrons. The van der Waals surface area contributed by atoms with Gasteiger partial charge < -0.3 is 4.90 Å². The normalized spacial score (nSPS) is 10.4. The van der Waals surface area contributed by atoms with Gasteiger partial charge in [-0.05, 0) is 38.0 Å². The Labute approximate surface area is 104 Å². The molecule has 0 N–H and O–H groups in total. The van der Waals surface area contributed by atoms with Crippen molar-refractivity contribution in [1.82, 2.24) is 4.90 Å². The van der Waals surface area contributed by atoms with E-state index in [1.54, 1.807) is 7.05 Å². The number of amidine groups is 1. The maximum absolute atomic E-state index is 10.5.